The van der Waals surface area contributed by atoms with Crippen LogP contribution in [-0.4, -0.2) is 47.3 Å². The molecule has 4 N–H and O–H groups in total. The van der Waals surface area contributed by atoms with E-state index in [9.17, 15) is 24.9 Å². The number of aliphatic hydroxyl groups is 3. The lowest BCUT2D eigenvalue weighted by Gasteiger charge is -2.17. The second-order valence-electron chi connectivity index (χ2n) is 4.39. The van der Waals surface area contributed by atoms with Gasteiger partial charge in [-0.3, -0.25) is 14.3 Å². The van der Waals surface area contributed by atoms with Gasteiger partial charge in [0.2, 0.25) is 0 Å². The van der Waals surface area contributed by atoms with Crippen LogP contribution in [0, 0.1) is 0 Å². The van der Waals surface area contributed by atoms with E-state index in [1.54, 1.807) is 22.6 Å². The number of alkyl halides is 1. The second kappa shape index (κ2) is 6.71. The Labute approximate surface area is 140 Å². The summed E-state index contributed by atoms with van der Waals surface area (Å²) in [5.74, 6) is 0. The van der Waals surface area contributed by atoms with Gasteiger partial charge in [-0.1, -0.05) is 15.9 Å². The first-order chi connectivity index (χ1) is 9.86. The molecule has 0 aromatic carbocycles. The van der Waals surface area contributed by atoms with Crippen molar-refractivity contribution < 1.29 is 20.1 Å². The summed E-state index contributed by atoms with van der Waals surface area (Å²) in [5, 5.41) is 29.3. The van der Waals surface area contributed by atoms with E-state index >= 15 is 0 Å². The van der Waals surface area contributed by atoms with Crippen LogP contribution in [-0.2, 0) is 4.74 Å². The van der Waals surface area contributed by atoms with Crippen LogP contribution >= 0.6 is 38.5 Å². The Bertz CT molecular complexity index is 657. The van der Waals surface area contributed by atoms with E-state index in [1.807, 2.05) is 0 Å². The van der Waals surface area contributed by atoms with E-state index in [2.05, 4.69) is 20.9 Å². The Morgan fingerprint density at radius 3 is 2.62 bits per heavy atom. The topological polar surface area (TPSA) is 125 Å². The first-order valence-corrected chi connectivity index (χ1v) is 7.99. The fourth-order valence-electron chi connectivity index (χ4n) is 2.02. The fourth-order valence-corrected chi connectivity index (χ4v) is 2.90. The van der Waals surface area contributed by atoms with E-state index in [0.29, 0.717) is 0 Å². The highest BCUT2D eigenvalue weighted by atomic mass is 127. The second-order valence-corrected chi connectivity index (χ2v) is 6.19. The average Bonchev–Trinajstić information content (AvgIpc) is 2.70. The van der Waals surface area contributed by atoms with Crippen LogP contribution in [0.3, 0.4) is 0 Å². The lowest BCUT2D eigenvalue weighted by atomic mass is 10.1. The molecule has 0 spiro atoms. The summed E-state index contributed by atoms with van der Waals surface area (Å²) < 4.78 is 5.25. The number of H-pyrrole nitrogens is 1. The minimum atomic E-state index is -1.41. The molecule has 0 amide bonds. The van der Waals surface area contributed by atoms with Crippen LogP contribution in [0.15, 0.2) is 20.8 Å². The largest absolute Gasteiger partial charge is 0.387 e. The van der Waals surface area contributed by atoms with Crippen LogP contribution in [0.2, 0.25) is 0 Å². The molecule has 0 aliphatic carbocycles. The quantitative estimate of drug-likeness (QED) is 0.338. The van der Waals surface area contributed by atoms with Crippen molar-refractivity contribution in [3.63, 3.8) is 0 Å². The van der Waals surface area contributed by atoms with Crippen molar-refractivity contribution in [3.05, 3.63) is 37.6 Å². The van der Waals surface area contributed by atoms with Gasteiger partial charge in [-0.2, -0.15) is 0 Å². The van der Waals surface area contributed by atoms with Gasteiger partial charge in [0.1, 0.15) is 22.4 Å². The highest BCUT2D eigenvalue weighted by molar-refractivity contribution is 14.1. The molecule has 1 saturated heterocycles. The van der Waals surface area contributed by atoms with Gasteiger partial charge in [-0.05, 0) is 33.7 Å². The predicted octanol–water partition coefficient (Wildman–Crippen LogP) is -0.725. The van der Waals surface area contributed by atoms with Crippen molar-refractivity contribution in [1.82, 2.24) is 9.55 Å². The Morgan fingerprint density at radius 1 is 1.43 bits per heavy atom. The molecule has 1 aromatic heterocycles. The number of hydrogen-bond acceptors (Lipinski definition) is 6. The third-order valence-electron chi connectivity index (χ3n) is 3.06. The number of halogens is 2. The molecule has 0 radical (unpaired) electrons. The zero-order chi connectivity index (χ0) is 15.7. The molecule has 2 rings (SSSR count). The van der Waals surface area contributed by atoms with E-state index in [0.717, 1.165) is 4.57 Å². The van der Waals surface area contributed by atoms with Gasteiger partial charge in [0.05, 0.1) is 5.56 Å². The third-order valence-corrected chi connectivity index (χ3v) is 4.03. The van der Waals surface area contributed by atoms with Gasteiger partial charge in [-0.25, -0.2) is 4.79 Å². The van der Waals surface area contributed by atoms with E-state index < -0.39 is 39.9 Å². The molecule has 116 valence electrons. The van der Waals surface area contributed by atoms with Gasteiger partial charge in [0.15, 0.2) is 6.23 Å². The van der Waals surface area contributed by atoms with E-state index in [-0.39, 0.29) is 5.56 Å². The van der Waals surface area contributed by atoms with Gasteiger partial charge in [-0.15, -0.1) is 0 Å². The third kappa shape index (κ3) is 3.29. The first-order valence-electron chi connectivity index (χ1n) is 5.82. The van der Waals surface area contributed by atoms with Crippen molar-refractivity contribution in [2.75, 3.05) is 0 Å². The number of aromatic nitrogens is 2. The Balaban J connectivity index is 2.45. The number of aromatic amines is 1. The van der Waals surface area contributed by atoms with E-state index in [4.69, 9.17) is 4.74 Å². The molecule has 1 aliphatic rings. The normalized spacial score (nSPS) is 30.9. The van der Waals surface area contributed by atoms with Crippen molar-refractivity contribution in [2.45, 2.75) is 28.7 Å². The average molecular weight is 475 g/mol. The molecule has 21 heavy (non-hydrogen) atoms. The lowest BCUT2D eigenvalue weighted by Crippen LogP contribution is -2.38. The van der Waals surface area contributed by atoms with E-state index in [1.165, 1.54) is 17.3 Å². The number of hydrogen-bond donors (Lipinski definition) is 4. The van der Waals surface area contributed by atoms with Crippen molar-refractivity contribution >= 4 is 44.6 Å². The molecule has 8 nitrogen and oxygen atoms in total. The van der Waals surface area contributed by atoms with Crippen LogP contribution in [0.4, 0.5) is 0 Å². The van der Waals surface area contributed by atoms with Gasteiger partial charge in [0.25, 0.3) is 5.56 Å². The van der Waals surface area contributed by atoms with Crippen molar-refractivity contribution in [1.29, 1.82) is 0 Å². The minimum absolute atomic E-state index is 0.162. The number of nitrogens with one attached hydrogen (secondary N) is 1. The predicted molar refractivity (Wildman–Crippen MR) is 85.2 cm³/mol. The zero-order valence-corrected chi connectivity index (χ0v) is 14.1. The summed E-state index contributed by atoms with van der Waals surface area (Å²) in [5.41, 5.74) is -1.22. The minimum Gasteiger partial charge on any atom is -0.387 e. The maximum absolute atomic E-state index is 11.8. The molecule has 1 unspecified atom stereocenters. The smallest absolute Gasteiger partial charge is 0.330 e. The number of rotatable bonds is 3. The highest BCUT2D eigenvalue weighted by Gasteiger charge is 2.46. The lowest BCUT2D eigenvalue weighted by molar-refractivity contribution is -0.0593. The molecule has 2 heterocycles. The summed E-state index contributed by atoms with van der Waals surface area (Å²) in [7, 11) is 0. The molecule has 1 aromatic rings. The highest BCUT2D eigenvalue weighted by Crippen LogP contribution is 2.31. The summed E-state index contributed by atoms with van der Waals surface area (Å²) in [6, 6.07) is 0. The molecule has 0 saturated carbocycles. The molecule has 5 atom stereocenters. The van der Waals surface area contributed by atoms with Gasteiger partial charge in [0, 0.05) is 6.20 Å². The molecule has 1 aliphatic heterocycles. The summed E-state index contributed by atoms with van der Waals surface area (Å²) in [6.07, 6.45) is -2.39. The SMILES string of the molecule is O=c1[nH]c(=O)n([C@@H]2O[C@H](C(O)I)[C@@H](O)[C@H]2O)cc1C=CBr. The Hall–Kier alpha value is -0.530. The zero-order valence-electron chi connectivity index (χ0n) is 10.4. The van der Waals surface area contributed by atoms with Crippen LogP contribution in [0.25, 0.3) is 6.08 Å². The molecule has 1 fully saturated rings. The maximum atomic E-state index is 11.8. The summed E-state index contributed by atoms with van der Waals surface area (Å²) >= 11 is 4.65. The molecular formula is C11H12BrIN2O6. The van der Waals surface area contributed by atoms with Crippen LogP contribution < -0.4 is 11.2 Å². The summed E-state index contributed by atoms with van der Waals surface area (Å²) in [6.45, 7) is 0. The Kier molecular flexibility index (Phi) is 5.38. The van der Waals surface area contributed by atoms with Crippen LogP contribution in [0.1, 0.15) is 11.8 Å². The Morgan fingerprint density at radius 2 is 2.10 bits per heavy atom. The van der Waals surface area contributed by atoms with Gasteiger partial charge >= 0.3 is 5.69 Å². The molecular weight excluding hydrogens is 463 g/mol. The van der Waals surface area contributed by atoms with Crippen molar-refractivity contribution in [3.8, 4) is 0 Å². The van der Waals surface area contributed by atoms with Gasteiger partial charge < -0.3 is 20.1 Å². The number of ether oxygens (including phenoxy) is 1. The van der Waals surface area contributed by atoms with Crippen LogP contribution in [0.5, 0.6) is 0 Å². The fraction of sp³-hybridized carbons (Fsp3) is 0.455. The number of aliphatic hydroxyl groups excluding tert-OH is 3. The number of nitrogens with zero attached hydrogens (tertiary/aromatic N) is 1. The maximum Gasteiger partial charge on any atom is 0.330 e. The first kappa shape index (κ1) is 16.8. The molecule has 0 bridgehead atoms. The standard InChI is InChI=1S/C11H12BrIN2O6/c12-2-1-4-3-15(11(20)14-9(4)19)10-6(17)5(16)7(21-10)8(13)18/h1-3,5-8,10,16-18H,(H,14,19,20)/t5-,6+,7-,8?,10+/m0/s1. The summed E-state index contributed by atoms with van der Waals surface area (Å²) in [4.78, 5) is 27.0. The molecule has 10 heteroatoms. The van der Waals surface area contributed by atoms with Crippen molar-refractivity contribution in [2.24, 2.45) is 0 Å². The monoisotopic (exact) mass is 474 g/mol.